The van der Waals surface area contributed by atoms with Crippen LogP contribution in [0.15, 0.2) is 0 Å². The third-order valence-electron chi connectivity index (χ3n) is 2.25. The van der Waals surface area contributed by atoms with Crippen LogP contribution in [0.5, 0.6) is 0 Å². The molecule has 2 nitrogen and oxygen atoms in total. The Labute approximate surface area is 87.7 Å². The van der Waals surface area contributed by atoms with E-state index in [1.165, 1.54) is 25.7 Å². The Hall–Kier alpha value is 0.270. The largest absolute Gasteiger partial charge is 0.395 e. The Bertz CT molecular complexity index is 101. The first kappa shape index (κ1) is 13.3. The summed E-state index contributed by atoms with van der Waals surface area (Å²) in [6, 6.07) is 0. The molecule has 80 valence electrons. The van der Waals surface area contributed by atoms with Gasteiger partial charge in [-0.3, -0.25) is 0 Å². The highest BCUT2D eigenvalue weighted by Gasteiger charge is 1.99. The highest BCUT2D eigenvalue weighted by Crippen LogP contribution is 2.02. The molecule has 3 heteroatoms. The molecule has 0 aromatic heterocycles. The van der Waals surface area contributed by atoms with Gasteiger partial charge in [-0.15, -0.1) is 0 Å². The maximum atomic E-state index is 8.76. The van der Waals surface area contributed by atoms with Crippen LogP contribution in [0.1, 0.15) is 32.6 Å². The Morgan fingerprint density at radius 1 is 1.08 bits per heavy atom. The first-order valence-electron chi connectivity index (χ1n) is 5.29. The van der Waals surface area contributed by atoms with Crippen molar-refractivity contribution in [3.05, 3.63) is 0 Å². The minimum Gasteiger partial charge on any atom is -0.395 e. The first-order chi connectivity index (χ1) is 6.35. The molecule has 0 aliphatic carbocycles. The van der Waals surface area contributed by atoms with Crippen LogP contribution in [-0.4, -0.2) is 42.0 Å². The van der Waals surface area contributed by atoms with Crippen LogP contribution >= 0.6 is 12.6 Å². The highest BCUT2D eigenvalue weighted by atomic mass is 32.1. The van der Waals surface area contributed by atoms with Crippen LogP contribution in [0.25, 0.3) is 0 Å². The van der Waals surface area contributed by atoms with E-state index in [9.17, 15) is 0 Å². The van der Waals surface area contributed by atoms with Crippen molar-refractivity contribution in [3.63, 3.8) is 0 Å². The Kier molecular flexibility index (Phi) is 10.6. The fraction of sp³-hybridized carbons (Fsp3) is 1.00. The van der Waals surface area contributed by atoms with Crippen molar-refractivity contribution in [3.8, 4) is 0 Å². The fourth-order valence-corrected chi connectivity index (χ4v) is 1.59. The van der Waals surface area contributed by atoms with E-state index in [4.69, 9.17) is 5.11 Å². The van der Waals surface area contributed by atoms with Gasteiger partial charge in [-0.2, -0.15) is 12.6 Å². The van der Waals surface area contributed by atoms with Crippen LogP contribution in [0, 0.1) is 0 Å². The van der Waals surface area contributed by atoms with Crippen molar-refractivity contribution in [2.45, 2.75) is 32.6 Å². The number of aliphatic hydroxyl groups is 1. The standard InChI is InChI=1S/C10H23NOS/c1-2-11(8-9-12)7-5-3-4-6-10-13/h12-13H,2-10H2,1H3. The van der Waals surface area contributed by atoms with Crippen LogP contribution in [0.3, 0.4) is 0 Å². The molecule has 0 spiro atoms. The van der Waals surface area contributed by atoms with Crippen molar-refractivity contribution < 1.29 is 5.11 Å². The molecule has 0 heterocycles. The van der Waals surface area contributed by atoms with Crippen molar-refractivity contribution in [1.29, 1.82) is 0 Å². The molecule has 1 N–H and O–H groups in total. The maximum Gasteiger partial charge on any atom is 0.0558 e. The molecule has 0 rings (SSSR count). The third-order valence-corrected chi connectivity index (χ3v) is 2.56. The topological polar surface area (TPSA) is 23.5 Å². The number of likely N-dealkylation sites (N-methyl/N-ethyl adjacent to an activating group) is 1. The van der Waals surface area contributed by atoms with E-state index in [-0.39, 0.29) is 6.61 Å². The summed E-state index contributed by atoms with van der Waals surface area (Å²) >= 11 is 4.17. The van der Waals surface area contributed by atoms with Gasteiger partial charge in [-0.25, -0.2) is 0 Å². The average Bonchev–Trinajstić information content (AvgIpc) is 2.16. The van der Waals surface area contributed by atoms with E-state index in [0.717, 1.165) is 25.4 Å². The van der Waals surface area contributed by atoms with E-state index < -0.39 is 0 Å². The third kappa shape index (κ3) is 8.60. The normalized spacial score (nSPS) is 11.1. The van der Waals surface area contributed by atoms with Gasteiger partial charge < -0.3 is 10.0 Å². The molecule has 0 saturated carbocycles. The van der Waals surface area contributed by atoms with E-state index in [0.29, 0.717) is 0 Å². The lowest BCUT2D eigenvalue weighted by molar-refractivity contribution is 0.199. The van der Waals surface area contributed by atoms with Crippen LogP contribution in [-0.2, 0) is 0 Å². The molecule has 0 atom stereocenters. The van der Waals surface area contributed by atoms with Gasteiger partial charge in [0.15, 0.2) is 0 Å². The Morgan fingerprint density at radius 2 is 1.77 bits per heavy atom. The lowest BCUT2D eigenvalue weighted by Gasteiger charge is -2.18. The molecule has 0 amide bonds. The minimum absolute atomic E-state index is 0.282. The molecule has 0 aromatic rings. The average molecular weight is 205 g/mol. The van der Waals surface area contributed by atoms with Gasteiger partial charge in [0.05, 0.1) is 6.61 Å². The minimum atomic E-state index is 0.282. The van der Waals surface area contributed by atoms with E-state index >= 15 is 0 Å². The van der Waals surface area contributed by atoms with Gasteiger partial charge in [0, 0.05) is 6.54 Å². The molecule has 0 radical (unpaired) electrons. The van der Waals surface area contributed by atoms with Crippen LogP contribution < -0.4 is 0 Å². The zero-order valence-electron chi connectivity index (χ0n) is 8.71. The molecule has 0 saturated heterocycles. The van der Waals surface area contributed by atoms with Gasteiger partial charge in [0.25, 0.3) is 0 Å². The summed E-state index contributed by atoms with van der Waals surface area (Å²) < 4.78 is 0. The smallest absolute Gasteiger partial charge is 0.0558 e. The summed E-state index contributed by atoms with van der Waals surface area (Å²) in [6.07, 6.45) is 5.07. The summed E-state index contributed by atoms with van der Waals surface area (Å²) in [5, 5.41) is 8.76. The van der Waals surface area contributed by atoms with Gasteiger partial charge >= 0.3 is 0 Å². The van der Waals surface area contributed by atoms with E-state index in [1.807, 2.05) is 0 Å². The predicted octanol–water partition coefficient (Wildman–Crippen LogP) is 1.79. The number of aliphatic hydroxyl groups excluding tert-OH is 1. The first-order valence-corrected chi connectivity index (χ1v) is 5.92. The number of rotatable bonds is 9. The summed E-state index contributed by atoms with van der Waals surface area (Å²) in [6.45, 7) is 5.42. The molecule has 13 heavy (non-hydrogen) atoms. The number of nitrogens with zero attached hydrogens (tertiary/aromatic N) is 1. The number of thiol groups is 1. The summed E-state index contributed by atoms with van der Waals surface area (Å²) in [7, 11) is 0. The second kappa shape index (κ2) is 10.4. The van der Waals surface area contributed by atoms with Crippen molar-refractivity contribution >= 4 is 12.6 Å². The van der Waals surface area contributed by atoms with Gasteiger partial charge in [0.1, 0.15) is 0 Å². The highest BCUT2D eigenvalue weighted by molar-refractivity contribution is 7.80. The molecule has 0 unspecified atom stereocenters. The van der Waals surface area contributed by atoms with Crippen molar-refractivity contribution in [2.75, 3.05) is 32.0 Å². The molecule has 0 aromatic carbocycles. The molecular formula is C10H23NOS. The fourth-order valence-electron chi connectivity index (χ4n) is 1.37. The SMILES string of the molecule is CCN(CCO)CCCCCCS. The summed E-state index contributed by atoms with van der Waals surface area (Å²) in [5.41, 5.74) is 0. The summed E-state index contributed by atoms with van der Waals surface area (Å²) in [4.78, 5) is 2.29. The van der Waals surface area contributed by atoms with Crippen LogP contribution in [0.4, 0.5) is 0 Å². The van der Waals surface area contributed by atoms with E-state index in [1.54, 1.807) is 0 Å². The summed E-state index contributed by atoms with van der Waals surface area (Å²) in [5.74, 6) is 1.01. The zero-order valence-corrected chi connectivity index (χ0v) is 9.60. The van der Waals surface area contributed by atoms with Gasteiger partial charge in [0.2, 0.25) is 0 Å². The van der Waals surface area contributed by atoms with Crippen molar-refractivity contribution in [1.82, 2.24) is 4.90 Å². The zero-order chi connectivity index (χ0) is 9.94. The van der Waals surface area contributed by atoms with Crippen molar-refractivity contribution in [2.24, 2.45) is 0 Å². The Morgan fingerprint density at radius 3 is 2.31 bits per heavy atom. The van der Waals surface area contributed by atoms with E-state index in [2.05, 4.69) is 24.5 Å². The molecule has 0 aliphatic heterocycles. The molecule has 0 fully saturated rings. The number of unbranched alkanes of at least 4 members (excludes halogenated alkanes) is 3. The second-order valence-electron chi connectivity index (χ2n) is 3.30. The Balaban J connectivity index is 3.17. The second-order valence-corrected chi connectivity index (χ2v) is 3.74. The molecule has 0 aliphatic rings. The molecular weight excluding hydrogens is 182 g/mol. The van der Waals surface area contributed by atoms with Crippen LogP contribution in [0.2, 0.25) is 0 Å². The number of hydrogen-bond donors (Lipinski definition) is 2. The van der Waals surface area contributed by atoms with Gasteiger partial charge in [-0.1, -0.05) is 19.8 Å². The van der Waals surface area contributed by atoms with Gasteiger partial charge in [-0.05, 0) is 31.7 Å². The molecule has 0 bridgehead atoms. The predicted molar refractivity (Wildman–Crippen MR) is 61.5 cm³/mol. The monoisotopic (exact) mass is 205 g/mol. The lowest BCUT2D eigenvalue weighted by Crippen LogP contribution is -2.27. The maximum absolute atomic E-state index is 8.76. The quantitative estimate of drug-likeness (QED) is 0.443. The lowest BCUT2D eigenvalue weighted by atomic mass is 10.2. The number of hydrogen-bond acceptors (Lipinski definition) is 3.